The first-order valence-electron chi connectivity index (χ1n) is 11.4. The standard InChI is InChI=1S/C25H31N3O3/c1-30-14-13-28-22(29)25(27-23(28)26)21-15-18(6-5-17-3-4-17)7-8-19(21)16-24(25)11-9-20(31-2)10-12-24/h7-8,15,17,20H,3-4,9-14,16H2,1-2H3,(H2,26,27). The summed E-state index contributed by atoms with van der Waals surface area (Å²) in [6, 6.07) is 6.36. The maximum absolute atomic E-state index is 14.0. The minimum Gasteiger partial charge on any atom is -0.383 e. The number of amides is 1. The Hall–Kier alpha value is -2.36. The second-order valence-corrected chi connectivity index (χ2v) is 9.44. The van der Waals surface area contributed by atoms with E-state index < -0.39 is 5.54 Å². The molecule has 0 aromatic heterocycles. The molecule has 4 aliphatic rings. The maximum atomic E-state index is 14.0. The number of rotatable bonds is 4. The topological polar surface area (TPSA) is 77.2 Å². The molecule has 0 saturated heterocycles. The van der Waals surface area contributed by atoms with E-state index in [4.69, 9.17) is 20.2 Å². The smallest absolute Gasteiger partial charge is 0.262 e. The predicted molar refractivity (Wildman–Crippen MR) is 118 cm³/mol. The van der Waals surface area contributed by atoms with Crippen molar-refractivity contribution < 1.29 is 14.3 Å². The Balaban J connectivity index is 1.59. The summed E-state index contributed by atoms with van der Waals surface area (Å²) in [4.78, 5) is 20.6. The molecule has 1 aromatic rings. The van der Waals surface area contributed by atoms with Crippen molar-refractivity contribution in [2.45, 2.75) is 56.6 Å². The lowest BCUT2D eigenvalue weighted by atomic mass is 9.61. The number of guanidine groups is 1. The molecule has 0 radical (unpaired) electrons. The molecule has 1 atom stereocenters. The fourth-order valence-corrected chi connectivity index (χ4v) is 5.75. The number of ether oxygens (including phenoxy) is 2. The lowest BCUT2D eigenvalue weighted by Crippen LogP contribution is -2.52. The third-order valence-corrected chi connectivity index (χ3v) is 7.65. The average Bonchev–Trinajstić information content (AvgIpc) is 3.53. The van der Waals surface area contributed by atoms with Crippen molar-refractivity contribution in [3.05, 3.63) is 34.9 Å². The Kier molecular flexibility index (Phi) is 5.07. The number of nitrogens with two attached hydrogens (primary N) is 1. The number of nitrogens with zero attached hydrogens (tertiary/aromatic N) is 2. The van der Waals surface area contributed by atoms with Crippen LogP contribution >= 0.6 is 0 Å². The highest BCUT2D eigenvalue weighted by Gasteiger charge is 2.66. The molecule has 2 saturated carbocycles. The Labute approximate surface area is 184 Å². The summed E-state index contributed by atoms with van der Waals surface area (Å²) in [5.41, 5.74) is 8.29. The number of hydrogen-bond donors (Lipinski definition) is 1. The van der Waals surface area contributed by atoms with Crippen molar-refractivity contribution in [2.75, 3.05) is 27.4 Å². The molecule has 1 aliphatic heterocycles. The number of carbonyl (C=O) groups is 1. The molecule has 6 heteroatoms. The Morgan fingerprint density at radius 2 is 2.00 bits per heavy atom. The maximum Gasteiger partial charge on any atom is 0.262 e. The summed E-state index contributed by atoms with van der Waals surface area (Å²) in [7, 11) is 3.41. The Morgan fingerprint density at radius 3 is 2.68 bits per heavy atom. The van der Waals surface area contributed by atoms with Gasteiger partial charge in [0, 0.05) is 31.1 Å². The van der Waals surface area contributed by atoms with Crippen molar-refractivity contribution in [1.82, 2.24) is 4.90 Å². The highest BCUT2D eigenvalue weighted by Crippen LogP contribution is 2.61. The molecule has 6 nitrogen and oxygen atoms in total. The summed E-state index contributed by atoms with van der Waals surface area (Å²) in [6.45, 7) is 0.844. The van der Waals surface area contributed by atoms with Gasteiger partial charge in [-0.1, -0.05) is 17.9 Å². The monoisotopic (exact) mass is 421 g/mol. The molecular formula is C25H31N3O3. The van der Waals surface area contributed by atoms with Crippen LogP contribution in [0.5, 0.6) is 0 Å². The van der Waals surface area contributed by atoms with Gasteiger partial charge in [-0.3, -0.25) is 9.69 Å². The van der Waals surface area contributed by atoms with Crippen LogP contribution < -0.4 is 5.73 Å². The van der Waals surface area contributed by atoms with E-state index in [0.29, 0.717) is 25.0 Å². The number of hydrogen-bond acceptors (Lipinski definition) is 5. The van der Waals surface area contributed by atoms with Crippen molar-refractivity contribution in [1.29, 1.82) is 0 Å². The third kappa shape index (κ3) is 3.18. The first-order valence-corrected chi connectivity index (χ1v) is 11.4. The van der Waals surface area contributed by atoms with Gasteiger partial charge in [-0.2, -0.15) is 0 Å². The molecule has 164 valence electrons. The molecule has 1 unspecified atom stereocenters. The summed E-state index contributed by atoms with van der Waals surface area (Å²) < 4.78 is 10.9. The SMILES string of the molecule is COCCN1C(=O)C2(N=C1N)c1cc(C#CC3CC3)ccc1CC21CCC(OC)CC1. The van der Waals surface area contributed by atoms with Gasteiger partial charge >= 0.3 is 0 Å². The van der Waals surface area contributed by atoms with E-state index in [-0.39, 0.29) is 17.4 Å². The minimum absolute atomic E-state index is 0.0102. The van der Waals surface area contributed by atoms with Gasteiger partial charge in [0.05, 0.1) is 19.3 Å². The summed E-state index contributed by atoms with van der Waals surface area (Å²) in [6.07, 6.45) is 7.12. The number of fused-ring (bicyclic) bond motifs is 3. The van der Waals surface area contributed by atoms with Gasteiger partial charge in [-0.15, -0.1) is 0 Å². The molecule has 2 spiro atoms. The number of aliphatic imine (C=N–C) groups is 1. The molecule has 0 bridgehead atoms. The Morgan fingerprint density at radius 1 is 1.23 bits per heavy atom. The summed E-state index contributed by atoms with van der Waals surface area (Å²) >= 11 is 0. The summed E-state index contributed by atoms with van der Waals surface area (Å²) in [5.74, 6) is 7.50. The molecule has 2 N–H and O–H groups in total. The zero-order chi connectivity index (χ0) is 21.6. The molecule has 31 heavy (non-hydrogen) atoms. The van der Waals surface area contributed by atoms with Gasteiger partial charge in [-0.25, -0.2) is 4.99 Å². The fourth-order valence-electron chi connectivity index (χ4n) is 5.75. The molecule has 1 aromatic carbocycles. The van der Waals surface area contributed by atoms with E-state index in [0.717, 1.165) is 43.2 Å². The zero-order valence-corrected chi connectivity index (χ0v) is 18.4. The van der Waals surface area contributed by atoms with Crippen LogP contribution in [0.2, 0.25) is 0 Å². The van der Waals surface area contributed by atoms with Crippen LogP contribution in [0.15, 0.2) is 23.2 Å². The van der Waals surface area contributed by atoms with Crippen LogP contribution in [-0.2, 0) is 26.2 Å². The first-order chi connectivity index (χ1) is 15.0. The van der Waals surface area contributed by atoms with E-state index in [1.807, 2.05) is 0 Å². The highest BCUT2D eigenvalue weighted by atomic mass is 16.5. The van der Waals surface area contributed by atoms with E-state index in [9.17, 15) is 4.79 Å². The molecule has 1 heterocycles. The normalized spacial score (nSPS) is 31.7. The van der Waals surface area contributed by atoms with Crippen LogP contribution in [0.1, 0.15) is 55.2 Å². The van der Waals surface area contributed by atoms with Gasteiger partial charge in [0.15, 0.2) is 11.5 Å². The second kappa shape index (κ2) is 7.65. The quantitative estimate of drug-likeness (QED) is 0.758. The van der Waals surface area contributed by atoms with Gasteiger partial charge in [0.1, 0.15) is 0 Å². The Bertz CT molecular complexity index is 979. The van der Waals surface area contributed by atoms with Gasteiger partial charge < -0.3 is 15.2 Å². The van der Waals surface area contributed by atoms with Crippen LogP contribution in [0.4, 0.5) is 0 Å². The molecular weight excluding hydrogens is 390 g/mol. The van der Waals surface area contributed by atoms with Crippen molar-refractivity contribution in [3.8, 4) is 11.8 Å². The zero-order valence-electron chi connectivity index (χ0n) is 18.4. The van der Waals surface area contributed by atoms with Crippen LogP contribution in [0, 0.1) is 23.2 Å². The molecule has 1 amide bonds. The average molecular weight is 422 g/mol. The van der Waals surface area contributed by atoms with Crippen molar-refractivity contribution in [2.24, 2.45) is 22.1 Å². The molecule has 5 rings (SSSR count). The van der Waals surface area contributed by atoms with Gasteiger partial charge in [0.25, 0.3) is 5.91 Å². The van der Waals surface area contributed by atoms with Crippen molar-refractivity contribution >= 4 is 11.9 Å². The molecule has 2 fully saturated rings. The van der Waals surface area contributed by atoms with Gasteiger partial charge in [-0.05, 0) is 68.2 Å². The lowest BCUT2D eigenvalue weighted by molar-refractivity contribution is -0.138. The summed E-state index contributed by atoms with van der Waals surface area (Å²) in [5, 5.41) is 0. The second-order valence-electron chi connectivity index (χ2n) is 9.44. The van der Waals surface area contributed by atoms with Crippen LogP contribution in [0.3, 0.4) is 0 Å². The van der Waals surface area contributed by atoms with E-state index in [1.54, 1.807) is 19.1 Å². The van der Waals surface area contributed by atoms with Crippen LogP contribution in [-0.4, -0.2) is 50.2 Å². The van der Waals surface area contributed by atoms with Crippen LogP contribution in [0.25, 0.3) is 0 Å². The van der Waals surface area contributed by atoms with E-state index in [2.05, 4.69) is 30.0 Å². The lowest BCUT2D eigenvalue weighted by Gasteiger charge is -2.45. The van der Waals surface area contributed by atoms with E-state index in [1.165, 1.54) is 18.4 Å². The highest BCUT2D eigenvalue weighted by molar-refractivity contribution is 6.08. The largest absolute Gasteiger partial charge is 0.383 e. The minimum atomic E-state index is -0.962. The fraction of sp³-hybridized carbons (Fsp3) is 0.600. The number of carbonyl (C=O) groups excluding carboxylic acids is 1. The number of benzene rings is 1. The van der Waals surface area contributed by atoms with Gasteiger partial charge in [0.2, 0.25) is 0 Å². The number of methoxy groups -OCH3 is 2. The third-order valence-electron chi connectivity index (χ3n) is 7.65. The molecule has 3 aliphatic carbocycles. The first kappa shape index (κ1) is 20.5. The predicted octanol–water partition coefficient (Wildman–Crippen LogP) is 2.58. The van der Waals surface area contributed by atoms with Crippen molar-refractivity contribution in [3.63, 3.8) is 0 Å². The van der Waals surface area contributed by atoms with E-state index >= 15 is 0 Å².